The second kappa shape index (κ2) is 7.07. The molecule has 21 heavy (non-hydrogen) atoms. The molecule has 0 bridgehead atoms. The summed E-state index contributed by atoms with van der Waals surface area (Å²) in [4.78, 5) is 18.6. The van der Waals surface area contributed by atoms with E-state index < -0.39 is 9.84 Å². The number of piperidine rings is 1. The molecular weight excluding hydrogens is 290 g/mol. The molecule has 2 fully saturated rings. The molecule has 2 saturated heterocycles. The lowest BCUT2D eigenvalue weighted by Crippen LogP contribution is -2.52. The van der Waals surface area contributed by atoms with Crippen LogP contribution in [0.4, 0.5) is 0 Å². The summed E-state index contributed by atoms with van der Waals surface area (Å²) in [5.74, 6) is 0.517. The van der Waals surface area contributed by atoms with E-state index in [-0.39, 0.29) is 17.4 Å². The molecule has 2 rings (SSSR count). The summed E-state index contributed by atoms with van der Waals surface area (Å²) >= 11 is 0. The molecule has 7 heteroatoms. The molecule has 0 radical (unpaired) electrons. The molecule has 122 valence electrons. The quantitative estimate of drug-likeness (QED) is 0.710. The Morgan fingerprint density at radius 2 is 1.81 bits per heavy atom. The lowest BCUT2D eigenvalue weighted by molar-refractivity contribution is -0.136. The SMILES string of the molecule is CN(C)CC1CCCCN1C(=O)CN1CCS(=O)(=O)CC1. The van der Waals surface area contributed by atoms with Crippen LogP contribution in [0.2, 0.25) is 0 Å². The number of carbonyl (C=O) groups excluding carboxylic acids is 1. The topological polar surface area (TPSA) is 60.9 Å². The van der Waals surface area contributed by atoms with Gasteiger partial charge in [0.2, 0.25) is 5.91 Å². The normalized spacial score (nSPS) is 27.0. The zero-order valence-corrected chi connectivity index (χ0v) is 13.9. The molecule has 2 aliphatic rings. The van der Waals surface area contributed by atoms with Crippen LogP contribution in [0.25, 0.3) is 0 Å². The maximum absolute atomic E-state index is 12.5. The van der Waals surface area contributed by atoms with Gasteiger partial charge in [-0.25, -0.2) is 8.42 Å². The van der Waals surface area contributed by atoms with Gasteiger partial charge in [0.1, 0.15) is 0 Å². The number of carbonyl (C=O) groups is 1. The van der Waals surface area contributed by atoms with Gasteiger partial charge >= 0.3 is 0 Å². The van der Waals surface area contributed by atoms with Crippen LogP contribution in [0, 0.1) is 0 Å². The molecule has 0 aromatic heterocycles. The minimum Gasteiger partial charge on any atom is -0.337 e. The molecule has 1 amide bonds. The molecule has 0 N–H and O–H groups in total. The van der Waals surface area contributed by atoms with Gasteiger partial charge < -0.3 is 9.80 Å². The fourth-order valence-electron chi connectivity index (χ4n) is 3.13. The zero-order chi connectivity index (χ0) is 15.5. The number of hydrogen-bond acceptors (Lipinski definition) is 5. The smallest absolute Gasteiger partial charge is 0.237 e. The number of nitrogens with zero attached hydrogens (tertiary/aromatic N) is 3. The molecule has 0 spiro atoms. The number of likely N-dealkylation sites (N-methyl/N-ethyl adjacent to an activating group) is 1. The molecule has 0 aromatic rings. The molecular formula is C14H27N3O3S. The number of amides is 1. The first-order valence-corrected chi connectivity index (χ1v) is 9.56. The van der Waals surface area contributed by atoms with E-state index in [0.717, 1.165) is 25.9 Å². The fourth-order valence-corrected chi connectivity index (χ4v) is 4.41. The average Bonchev–Trinajstić information content (AvgIpc) is 2.41. The molecule has 1 atom stereocenters. The highest BCUT2D eigenvalue weighted by molar-refractivity contribution is 7.91. The summed E-state index contributed by atoms with van der Waals surface area (Å²) in [6.45, 7) is 3.07. The minimum atomic E-state index is -2.88. The van der Waals surface area contributed by atoms with E-state index in [1.54, 1.807) is 0 Å². The number of rotatable bonds is 4. The Balaban J connectivity index is 1.89. The summed E-state index contributed by atoms with van der Waals surface area (Å²) in [6.07, 6.45) is 3.33. The molecule has 6 nitrogen and oxygen atoms in total. The van der Waals surface area contributed by atoms with Crippen molar-refractivity contribution in [2.24, 2.45) is 0 Å². The van der Waals surface area contributed by atoms with Gasteiger partial charge in [0.05, 0.1) is 18.1 Å². The van der Waals surface area contributed by atoms with E-state index in [1.165, 1.54) is 6.42 Å². The molecule has 0 aromatic carbocycles. The Morgan fingerprint density at radius 3 is 2.43 bits per heavy atom. The van der Waals surface area contributed by atoms with E-state index in [1.807, 2.05) is 23.9 Å². The molecule has 2 aliphatic heterocycles. The largest absolute Gasteiger partial charge is 0.337 e. The second-order valence-electron chi connectivity index (χ2n) is 6.43. The second-order valence-corrected chi connectivity index (χ2v) is 8.73. The first-order valence-electron chi connectivity index (χ1n) is 7.74. The van der Waals surface area contributed by atoms with E-state index in [2.05, 4.69) is 4.90 Å². The average molecular weight is 317 g/mol. The van der Waals surface area contributed by atoms with Crippen LogP contribution in [-0.4, -0.2) is 93.4 Å². The van der Waals surface area contributed by atoms with Crippen molar-refractivity contribution in [2.45, 2.75) is 25.3 Å². The van der Waals surface area contributed by atoms with Gasteiger partial charge in [-0.15, -0.1) is 0 Å². The third-order valence-corrected chi connectivity index (χ3v) is 5.93. The first kappa shape index (κ1) is 16.7. The van der Waals surface area contributed by atoms with Gasteiger partial charge in [-0.2, -0.15) is 0 Å². The van der Waals surface area contributed by atoms with Crippen molar-refractivity contribution in [2.75, 3.05) is 58.3 Å². The maximum Gasteiger partial charge on any atom is 0.237 e. The highest BCUT2D eigenvalue weighted by Crippen LogP contribution is 2.18. The lowest BCUT2D eigenvalue weighted by Gasteiger charge is -2.38. The van der Waals surface area contributed by atoms with Crippen LogP contribution in [0.3, 0.4) is 0 Å². The van der Waals surface area contributed by atoms with E-state index >= 15 is 0 Å². The molecule has 1 unspecified atom stereocenters. The number of likely N-dealkylation sites (tertiary alicyclic amines) is 1. The van der Waals surface area contributed by atoms with Gasteiger partial charge in [0.15, 0.2) is 9.84 Å². The van der Waals surface area contributed by atoms with Gasteiger partial charge in [0, 0.05) is 32.2 Å². The predicted octanol–water partition coefficient (Wildman–Crippen LogP) is -0.340. The maximum atomic E-state index is 12.5. The molecule has 0 saturated carbocycles. The zero-order valence-electron chi connectivity index (χ0n) is 13.1. The third-order valence-electron chi connectivity index (χ3n) is 4.32. The van der Waals surface area contributed by atoms with Crippen LogP contribution in [-0.2, 0) is 14.6 Å². The van der Waals surface area contributed by atoms with E-state index in [4.69, 9.17) is 0 Å². The van der Waals surface area contributed by atoms with Crippen molar-refractivity contribution in [3.05, 3.63) is 0 Å². The fraction of sp³-hybridized carbons (Fsp3) is 0.929. The van der Waals surface area contributed by atoms with Gasteiger partial charge in [-0.1, -0.05) is 0 Å². The monoisotopic (exact) mass is 317 g/mol. The summed E-state index contributed by atoms with van der Waals surface area (Å²) in [7, 11) is 1.19. The Morgan fingerprint density at radius 1 is 1.14 bits per heavy atom. The van der Waals surface area contributed by atoms with Crippen LogP contribution >= 0.6 is 0 Å². The lowest BCUT2D eigenvalue weighted by atomic mass is 10.0. The van der Waals surface area contributed by atoms with Crippen molar-refractivity contribution in [3.63, 3.8) is 0 Å². The van der Waals surface area contributed by atoms with Gasteiger partial charge in [0.25, 0.3) is 0 Å². The Hall–Kier alpha value is -0.660. The van der Waals surface area contributed by atoms with Gasteiger partial charge in [-0.05, 0) is 33.4 Å². The van der Waals surface area contributed by atoms with Crippen LogP contribution in [0.1, 0.15) is 19.3 Å². The first-order chi connectivity index (χ1) is 9.87. The van der Waals surface area contributed by atoms with E-state index in [0.29, 0.717) is 25.7 Å². The van der Waals surface area contributed by atoms with Crippen molar-refractivity contribution in [1.82, 2.24) is 14.7 Å². The van der Waals surface area contributed by atoms with Crippen LogP contribution < -0.4 is 0 Å². The Kier molecular flexibility index (Phi) is 5.62. The summed E-state index contributed by atoms with van der Waals surface area (Å²) < 4.78 is 22.9. The molecule has 2 heterocycles. The highest BCUT2D eigenvalue weighted by Gasteiger charge is 2.29. The summed E-state index contributed by atoms with van der Waals surface area (Å²) in [6, 6.07) is 0.301. The summed E-state index contributed by atoms with van der Waals surface area (Å²) in [5, 5.41) is 0. The Bertz CT molecular complexity index is 450. The Labute approximate surface area is 128 Å². The van der Waals surface area contributed by atoms with Crippen molar-refractivity contribution in [3.8, 4) is 0 Å². The summed E-state index contributed by atoms with van der Waals surface area (Å²) in [5.41, 5.74) is 0. The number of hydrogen-bond donors (Lipinski definition) is 0. The third kappa shape index (κ3) is 4.93. The van der Waals surface area contributed by atoms with Crippen LogP contribution in [0.5, 0.6) is 0 Å². The van der Waals surface area contributed by atoms with Crippen molar-refractivity contribution >= 4 is 15.7 Å². The van der Waals surface area contributed by atoms with Crippen LogP contribution in [0.15, 0.2) is 0 Å². The molecule has 0 aliphatic carbocycles. The van der Waals surface area contributed by atoms with Crippen molar-refractivity contribution in [1.29, 1.82) is 0 Å². The van der Waals surface area contributed by atoms with E-state index in [9.17, 15) is 13.2 Å². The van der Waals surface area contributed by atoms with Crippen molar-refractivity contribution < 1.29 is 13.2 Å². The van der Waals surface area contributed by atoms with Gasteiger partial charge in [-0.3, -0.25) is 9.69 Å². The number of sulfone groups is 1. The highest BCUT2D eigenvalue weighted by atomic mass is 32.2. The standard InChI is InChI=1S/C14H27N3O3S/c1-15(2)11-13-5-3-4-6-17(13)14(18)12-16-7-9-21(19,20)10-8-16/h13H,3-12H2,1-2H3. The predicted molar refractivity (Wildman–Crippen MR) is 83.0 cm³/mol. The minimum absolute atomic E-state index is 0.154.